The third kappa shape index (κ3) is 2.98. The van der Waals surface area contributed by atoms with Crippen LogP contribution in [0.2, 0.25) is 0 Å². The molecule has 3 nitrogen and oxygen atoms in total. The van der Waals surface area contributed by atoms with Crippen LogP contribution in [0, 0.1) is 11.8 Å². The summed E-state index contributed by atoms with van der Waals surface area (Å²) >= 11 is 0. The number of quaternary nitrogens is 2. The third-order valence-electron chi connectivity index (χ3n) is 5.65. The molecule has 0 unspecified atom stereocenters. The highest BCUT2D eigenvalue weighted by atomic mass is 16.3. The molecule has 25 heavy (non-hydrogen) atoms. The van der Waals surface area contributed by atoms with Crippen molar-refractivity contribution in [3.05, 3.63) is 59.7 Å². The fourth-order valence-corrected chi connectivity index (χ4v) is 4.08. The van der Waals surface area contributed by atoms with Crippen molar-refractivity contribution in [1.82, 2.24) is 0 Å². The first kappa shape index (κ1) is 16.4. The van der Waals surface area contributed by atoms with Crippen molar-refractivity contribution in [1.29, 1.82) is 0 Å². The first-order valence-electron chi connectivity index (χ1n) is 9.21. The van der Waals surface area contributed by atoms with Crippen molar-refractivity contribution in [3.63, 3.8) is 0 Å². The molecule has 3 N–H and O–H groups in total. The smallest absolute Gasteiger partial charge is 0.139 e. The monoisotopic (exact) mass is 334 g/mol. The molecule has 128 valence electrons. The minimum absolute atomic E-state index is 0.458. The Balaban J connectivity index is 1.53. The molecular weight excluding hydrogens is 308 g/mol. The van der Waals surface area contributed by atoms with Gasteiger partial charge in [-0.1, -0.05) is 54.5 Å². The molecule has 2 aromatic carbocycles. The minimum atomic E-state index is -0.984. The lowest BCUT2D eigenvalue weighted by Crippen LogP contribution is -3.26. The molecule has 0 aromatic heterocycles. The minimum Gasteiger partial charge on any atom is -0.379 e. The summed E-state index contributed by atoms with van der Waals surface area (Å²) in [4.78, 5) is 3.18. The molecule has 3 heteroatoms. The lowest BCUT2D eigenvalue weighted by molar-refractivity contribution is -1.000. The van der Waals surface area contributed by atoms with Crippen LogP contribution in [0.15, 0.2) is 48.5 Å². The fourth-order valence-electron chi connectivity index (χ4n) is 4.08. The Labute approximate surface area is 149 Å². The summed E-state index contributed by atoms with van der Waals surface area (Å²) in [6.07, 6.45) is 0.458. The standard InChI is InChI=1S/C22H24N2O/c1-23-14-16-24(17-15-23)13-7-6-12-22(25)20-10-4-2-8-18(20)19-9-3-5-11-21(19)22/h2-5,8-11,25H,12-17H2,1H3/p+2. The second-order valence-electron chi connectivity index (χ2n) is 7.37. The second kappa shape index (κ2) is 6.65. The van der Waals surface area contributed by atoms with Crippen molar-refractivity contribution in [3.8, 4) is 23.0 Å². The van der Waals surface area contributed by atoms with E-state index in [1.54, 1.807) is 9.80 Å². The molecule has 1 fully saturated rings. The van der Waals surface area contributed by atoms with Gasteiger partial charge in [0.05, 0.1) is 7.05 Å². The molecular formula is C22H26N2O+2. The maximum atomic E-state index is 11.5. The zero-order valence-electron chi connectivity index (χ0n) is 14.8. The fraction of sp³-hybridized carbons (Fsp3) is 0.364. The SMILES string of the molecule is C[NH+]1CC[NH+](CC#CCC2(O)c3ccccc3-c3ccccc32)CC1. The van der Waals surface area contributed by atoms with Gasteiger partial charge in [0.2, 0.25) is 0 Å². The molecule has 1 aliphatic carbocycles. The van der Waals surface area contributed by atoms with Gasteiger partial charge in [-0.2, -0.15) is 0 Å². The van der Waals surface area contributed by atoms with Crippen molar-refractivity contribution in [2.75, 3.05) is 39.8 Å². The summed E-state index contributed by atoms with van der Waals surface area (Å²) in [5.74, 6) is 6.61. The number of likely N-dealkylation sites (N-methyl/N-ethyl adjacent to an activating group) is 1. The average molecular weight is 334 g/mol. The second-order valence-corrected chi connectivity index (χ2v) is 7.37. The van der Waals surface area contributed by atoms with Crippen molar-refractivity contribution < 1.29 is 14.9 Å². The van der Waals surface area contributed by atoms with E-state index in [-0.39, 0.29) is 0 Å². The summed E-state index contributed by atoms with van der Waals surface area (Å²) in [6.45, 7) is 5.71. The summed E-state index contributed by atoms with van der Waals surface area (Å²) in [5.41, 5.74) is 3.26. The number of nitrogens with one attached hydrogen (secondary N) is 2. The Hall–Kier alpha value is -2.12. The van der Waals surface area contributed by atoms with Crippen LogP contribution in [-0.2, 0) is 5.60 Å². The van der Waals surface area contributed by atoms with Crippen LogP contribution in [0.4, 0.5) is 0 Å². The Morgan fingerprint density at radius 1 is 0.880 bits per heavy atom. The molecule has 1 saturated heterocycles. The number of hydrogen-bond donors (Lipinski definition) is 3. The van der Waals surface area contributed by atoms with Crippen LogP contribution in [0.3, 0.4) is 0 Å². The van der Waals surface area contributed by atoms with Gasteiger partial charge in [-0.15, -0.1) is 0 Å². The summed E-state index contributed by atoms with van der Waals surface area (Å²) < 4.78 is 0. The van der Waals surface area contributed by atoms with Gasteiger partial charge in [0.15, 0.2) is 0 Å². The highest BCUT2D eigenvalue weighted by Gasteiger charge is 2.40. The molecule has 2 aromatic rings. The van der Waals surface area contributed by atoms with Crippen LogP contribution >= 0.6 is 0 Å². The summed E-state index contributed by atoms with van der Waals surface area (Å²) in [6, 6.07) is 16.3. The molecule has 1 heterocycles. The van der Waals surface area contributed by atoms with Crippen molar-refractivity contribution in [2.24, 2.45) is 0 Å². The molecule has 0 bridgehead atoms. The predicted molar refractivity (Wildman–Crippen MR) is 99.5 cm³/mol. The van der Waals surface area contributed by atoms with E-state index < -0.39 is 5.60 Å². The van der Waals surface area contributed by atoms with Gasteiger partial charge in [-0.3, -0.25) is 0 Å². The van der Waals surface area contributed by atoms with E-state index in [0.717, 1.165) is 28.8 Å². The molecule has 1 aliphatic heterocycles. The number of piperazine rings is 1. The summed E-state index contributed by atoms with van der Waals surface area (Å²) in [5, 5.41) is 11.5. The number of rotatable bonds is 2. The van der Waals surface area contributed by atoms with E-state index in [0.29, 0.717) is 6.42 Å². The van der Waals surface area contributed by atoms with Gasteiger partial charge < -0.3 is 14.9 Å². The molecule has 0 radical (unpaired) electrons. The molecule has 0 saturated carbocycles. The first-order chi connectivity index (χ1) is 12.2. The topological polar surface area (TPSA) is 29.1 Å². The van der Waals surface area contributed by atoms with Gasteiger partial charge in [0.25, 0.3) is 0 Å². The van der Waals surface area contributed by atoms with Crippen LogP contribution in [-0.4, -0.2) is 44.9 Å². The molecule has 2 aliphatic rings. The van der Waals surface area contributed by atoms with E-state index in [1.165, 1.54) is 26.2 Å². The number of fused-ring (bicyclic) bond motifs is 3. The molecule has 0 atom stereocenters. The Bertz CT molecular complexity index is 780. The van der Waals surface area contributed by atoms with E-state index in [4.69, 9.17) is 0 Å². The predicted octanol–water partition coefficient (Wildman–Crippen LogP) is -0.290. The van der Waals surface area contributed by atoms with E-state index in [9.17, 15) is 5.11 Å². The van der Waals surface area contributed by atoms with Crippen LogP contribution in [0.25, 0.3) is 11.1 Å². The third-order valence-corrected chi connectivity index (χ3v) is 5.65. The van der Waals surface area contributed by atoms with E-state index >= 15 is 0 Å². The van der Waals surface area contributed by atoms with Crippen molar-refractivity contribution in [2.45, 2.75) is 12.0 Å². The van der Waals surface area contributed by atoms with Crippen LogP contribution < -0.4 is 9.80 Å². The van der Waals surface area contributed by atoms with Crippen molar-refractivity contribution >= 4 is 0 Å². The Kier molecular flexibility index (Phi) is 4.35. The maximum Gasteiger partial charge on any atom is 0.139 e. The van der Waals surface area contributed by atoms with Gasteiger partial charge in [-0.25, -0.2) is 0 Å². The van der Waals surface area contributed by atoms with Crippen LogP contribution in [0.5, 0.6) is 0 Å². The number of hydrogen-bond acceptors (Lipinski definition) is 1. The highest BCUT2D eigenvalue weighted by Crippen LogP contribution is 2.48. The van der Waals surface area contributed by atoms with E-state index in [2.05, 4.69) is 31.0 Å². The Morgan fingerprint density at radius 2 is 1.44 bits per heavy atom. The normalized spacial score (nSPS) is 23.3. The number of benzene rings is 2. The number of aliphatic hydroxyl groups is 1. The largest absolute Gasteiger partial charge is 0.379 e. The molecule has 4 rings (SSSR count). The van der Waals surface area contributed by atoms with Gasteiger partial charge in [0.1, 0.15) is 38.3 Å². The average Bonchev–Trinajstić information content (AvgIpc) is 2.91. The molecule has 0 amide bonds. The highest BCUT2D eigenvalue weighted by molar-refractivity contribution is 5.80. The van der Waals surface area contributed by atoms with E-state index in [1.807, 2.05) is 36.4 Å². The maximum absolute atomic E-state index is 11.5. The molecule has 0 spiro atoms. The van der Waals surface area contributed by atoms with Crippen LogP contribution in [0.1, 0.15) is 17.5 Å². The summed E-state index contributed by atoms with van der Waals surface area (Å²) in [7, 11) is 2.26. The lowest BCUT2D eigenvalue weighted by atomic mass is 9.88. The quantitative estimate of drug-likeness (QED) is 0.648. The van der Waals surface area contributed by atoms with Gasteiger partial charge in [0, 0.05) is 6.42 Å². The lowest BCUT2D eigenvalue weighted by Gasteiger charge is -2.26. The zero-order valence-corrected chi connectivity index (χ0v) is 14.8. The van der Waals surface area contributed by atoms with Gasteiger partial charge in [-0.05, 0) is 28.2 Å². The first-order valence-corrected chi connectivity index (χ1v) is 9.21. The Morgan fingerprint density at radius 3 is 2.04 bits per heavy atom. The van der Waals surface area contributed by atoms with Gasteiger partial charge >= 0.3 is 0 Å². The zero-order chi connectivity index (χ0) is 17.3.